The molecule has 4 heteroatoms. The van der Waals surface area contributed by atoms with Gasteiger partial charge in [0.05, 0.1) is 6.20 Å². The number of nitrogens with two attached hydrogens (primary N) is 1. The van der Waals surface area contributed by atoms with Crippen LogP contribution < -0.4 is 5.73 Å². The van der Waals surface area contributed by atoms with Gasteiger partial charge in [-0.25, -0.2) is 0 Å². The molecule has 0 aliphatic heterocycles. The monoisotopic (exact) mass is 223 g/mol. The number of benzene rings is 1. The minimum atomic E-state index is 0. The van der Waals surface area contributed by atoms with Crippen LogP contribution in [0.15, 0.2) is 24.4 Å². The highest BCUT2D eigenvalue weighted by molar-refractivity contribution is 5.85. The second kappa shape index (κ2) is 4.36. The van der Waals surface area contributed by atoms with Gasteiger partial charge in [0, 0.05) is 5.56 Å². The molecule has 0 spiro atoms. The molecule has 1 heterocycles. The van der Waals surface area contributed by atoms with E-state index in [4.69, 9.17) is 5.73 Å². The summed E-state index contributed by atoms with van der Waals surface area (Å²) in [4.78, 5) is 0. The van der Waals surface area contributed by atoms with Crippen LogP contribution in [-0.2, 0) is 0 Å². The number of rotatable bonds is 1. The van der Waals surface area contributed by atoms with Crippen LogP contribution >= 0.6 is 12.4 Å². The van der Waals surface area contributed by atoms with Crippen molar-refractivity contribution in [2.24, 2.45) is 0 Å². The molecule has 3 N–H and O–H groups in total. The minimum absolute atomic E-state index is 0. The number of nitrogens with one attached hydrogen (secondary N) is 1. The molecule has 0 amide bonds. The maximum Gasteiger partial charge on any atom is 0.126 e. The van der Waals surface area contributed by atoms with Crippen molar-refractivity contribution in [2.45, 2.75) is 13.8 Å². The quantitative estimate of drug-likeness (QED) is 0.781. The molecule has 1 aromatic carbocycles. The summed E-state index contributed by atoms with van der Waals surface area (Å²) in [6, 6.07) is 6.35. The van der Waals surface area contributed by atoms with Gasteiger partial charge in [0.15, 0.2) is 0 Å². The van der Waals surface area contributed by atoms with E-state index in [1.165, 1.54) is 11.1 Å². The van der Waals surface area contributed by atoms with E-state index in [1.54, 1.807) is 6.20 Å². The highest BCUT2D eigenvalue weighted by Gasteiger charge is 2.04. The van der Waals surface area contributed by atoms with Gasteiger partial charge in [0.25, 0.3) is 0 Å². The molecule has 1 aromatic heterocycles. The topological polar surface area (TPSA) is 54.7 Å². The molecular formula is C11H14ClN3. The summed E-state index contributed by atoms with van der Waals surface area (Å²) in [6.45, 7) is 4.15. The van der Waals surface area contributed by atoms with Crippen LogP contribution in [0.5, 0.6) is 0 Å². The molecule has 0 aliphatic rings. The van der Waals surface area contributed by atoms with Crippen molar-refractivity contribution in [3.63, 3.8) is 0 Å². The zero-order chi connectivity index (χ0) is 10.1. The number of anilines is 1. The lowest BCUT2D eigenvalue weighted by Crippen LogP contribution is -1.88. The number of hydrogen-bond donors (Lipinski definition) is 2. The zero-order valence-corrected chi connectivity index (χ0v) is 9.56. The summed E-state index contributed by atoms with van der Waals surface area (Å²) in [6.07, 6.45) is 1.75. The second-order valence-corrected chi connectivity index (χ2v) is 3.57. The van der Waals surface area contributed by atoms with E-state index < -0.39 is 0 Å². The van der Waals surface area contributed by atoms with E-state index in [0.29, 0.717) is 5.82 Å². The first kappa shape index (κ1) is 11.6. The van der Waals surface area contributed by atoms with Gasteiger partial charge in [-0.1, -0.05) is 29.3 Å². The molecule has 2 aromatic rings. The molecule has 0 fully saturated rings. The van der Waals surface area contributed by atoms with Crippen LogP contribution in [0, 0.1) is 13.8 Å². The van der Waals surface area contributed by atoms with Gasteiger partial charge in [-0.2, -0.15) is 5.10 Å². The highest BCUT2D eigenvalue weighted by Crippen LogP contribution is 2.25. The lowest BCUT2D eigenvalue weighted by molar-refractivity contribution is 1.10. The van der Waals surface area contributed by atoms with E-state index in [0.717, 1.165) is 11.1 Å². The Labute approximate surface area is 95.1 Å². The van der Waals surface area contributed by atoms with Crippen molar-refractivity contribution in [1.29, 1.82) is 0 Å². The molecular weight excluding hydrogens is 210 g/mol. The third-order valence-electron chi connectivity index (χ3n) is 2.20. The Morgan fingerprint density at radius 2 is 1.73 bits per heavy atom. The number of nitrogen functional groups attached to an aromatic ring is 1. The van der Waals surface area contributed by atoms with E-state index >= 15 is 0 Å². The summed E-state index contributed by atoms with van der Waals surface area (Å²) >= 11 is 0. The Morgan fingerprint density at radius 1 is 1.13 bits per heavy atom. The van der Waals surface area contributed by atoms with Crippen LogP contribution in [0.2, 0.25) is 0 Å². The highest BCUT2D eigenvalue weighted by atomic mass is 35.5. The number of aromatic amines is 1. The van der Waals surface area contributed by atoms with Crippen molar-refractivity contribution < 1.29 is 0 Å². The Balaban J connectivity index is 0.00000112. The first-order valence-electron chi connectivity index (χ1n) is 4.54. The summed E-state index contributed by atoms with van der Waals surface area (Å²) in [7, 11) is 0. The average Bonchev–Trinajstić information content (AvgIpc) is 2.49. The fourth-order valence-electron chi connectivity index (χ4n) is 1.66. The largest absolute Gasteiger partial charge is 0.384 e. The second-order valence-electron chi connectivity index (χ2n) is 3.57. The molecule has 0 aliphatic carbocycles. The van der Waals surface area contributed by atoms with Crippen molar-refractivity contribution >= 4 is 18.2 Å². The van der Waals surface area contributed by atoms with Crippen LogP contribution in [-0.4, -0.2) is 10.2 Å². The molecule has 80 valence electrons. The Morgan fingerprint density at radius 3 is 2.20 bits per heavy atom. The Bertz CT molecular complexity index is 442. The molecule has 2 rings (SSSR count). The fraction of sp³-hybridized carbons (Fsp3) is 0.182. The number of hydrogen-bond acceptors (Lipinski definition) is 2. The van der Waals surface area contributed by atoms with Crippen molar-refractivity contribution in [1.82, 2.24) is 10.2 Å². The van der Waals surface area contributed by atoms with E-state index in [1.807, 2.05) is 0 Å². The predicted molar refractivity (Wildman–Crippen MR) is 65.2 cm³/mol. The lowest BCUT2D eigenvalue weighted by atomic mass is 10.0. The summed E-state index contributed by atoms with van der Waals surface area (Å²) < 4.78 is 0. The van der Waals surface area contributed by atoms with Gasteiger partial charge in [0.2, 0.25) is 0 Å². The molecule has 3 nitrogen and oxygen atoms in total. The van der Waals surface area contributed by atoms with E-state index in [-0.39, 0.29) is 12.4 Å². The van der Waals surface area contributed by atoms with Gasteiger partial charge < -0.3 is 5.73 Å². The molecule has 0 atom stereocenters. The molecule has 15 heavy (non-hydrogen) atoms. The van der Waals surface area contributed by atoms with Crippen molar-refractivity contribution in [2.75, 3.05) is 5.73 Å². The van der Waals surface area contributed by atoms with E-state index in [9.17, 15) is 0 Å². The van der Waals surface area contributed by atoms with Crippen LogP contribution in [0.1, 0.15) is 11.1 Å². The first-order chi connectivity index (χ1) is 6.66. The smallest absolute Gasteiger partial charge is 0.126 e. The molecule has 0 saturated carbocycles. The van der Waals surface area contributed by atoms with Crippen LogP contribution in [0.4, 0.5) is 5.82 Å². The van der Waals surface area contributed by atoms with Gasteiger partial charge in [-0.05, 0) is 19.4 Å². The predicted octanol–water partition coefficient (Wildman–Crippen LogP) is 2.70. The number of H-pyrrole nitrogens is 1. The van der Waals surface area contributed by atoms with Gasteiger partial charge >= 0.3 is 0 Å². The molecule has 0 unspecified atom stereocenters. The average molecular weight is 224 g/mol. The summed E-state index contributed by atoms with van der Waals surface area (Å²) in [5.74, 6) is 0.620. The third-order valence-corrected chi connectivity index (χ3v) is 2.20. The number of halogens is 1. The fourth-order valence-corrected chi connectivity index (χ4v) is 1.66. The Kier molecular flexibility index (Phi) is 3.37. The zero-order valence-electron chi connectivity index (χ0n) is 8.74. The van der Waals surface area contributed by atoms with Crippen molar-refractivity contribution in [3.8, 4) is 11.1 Å². The summed E-state index contributed by atoms with van der Waals surface area (Å²) in [5, 5.41) is 6.64. The third kappa shape index (κ3) is 2.30. The Hall–Kier alpha value is -1.48. The normalized spacial score (nSPS) is 9.73. The first-order valence-corrected chi connectivity index (χ1v) is 4.54. The summed E-state index contributed by atoms with van der Waals surface area (Å²) in [5.41, 5.74) is 10.3. The maximum absolute atomic E-state index is 5.75. The van der Waals surface area contributed by atoms with Crippen LogP contribution in [0.3, 0.4) is 0 Å². The molecule has 0 saturated heterocycles. The van der Waals surface area contributed by atoms with Gasteiger partial charge in [-0.3, -0.25) is 5.10 Å². The number of nitrogens with zero attached hydrogens (tertiary/aromatic N) is 1. The molecule has 0 radical (unpaired) electrons. The van der Waals surface area contributed by atoms with Gasteiger partial charge in [-0.15, -0.1) is 12.4 Å². The van der Waals surface area contributed by atoms with Gasteiger partial charge in [0.1, 0.15) is 5.82 Å². The SMILES string of the molecule is Cc1cc(C)cc(-c2cn[nH]c2N)c1.Cl. The standard InChI is InChI=1S/C11H13N3.ClH/c1-7-3-8(2)5-9(4-7)10-6-13-14-11(10)12;/h3-6H,1-2H3,(H3,12,13,14);1H. The van der Waals surface area contributed by atoms with Crippen molar-refractivity contribution in [3.05, 3.63) is 35.5 Å². The number of aromatic nitrogens is 2. The van der Waals surface area contributed by atoms with E-state index in [2.05, 4.69) is 42.2 Å². The lowest BCUT2D eigenvalue weighted by Gasteiger charge is -2.03. The molecule has 0 bridgehead atoms. The minimum Gasteiger partial charge on any atom is -0.384 e. The maximum atomic E-state index is 5.75. The number of aryl methyl sites for hydroxylation is 2. The van der Waals surface area contributed by atoms with Crippen LogP contribution in [0.25, 0.3) is 11.1 Å².